The number of hydrogen-bond acceptors (Lipinski definition) is 4. The van der Waals surface area contributed by atoms with Crippen molar-refractivity contribution in [1.82, 2.24) is 0 Å². The van der Waals surface area contributed by atoms with E-state index in [4.69, 9.17) is 18.9 Å². The second kappa shape index (κ2) is 6.08. The summed E-state index contributed by atoms with van der Waals surface area (Å²) >= 11 is 0. The average molecular weight is 272 g/mol. The van der Waals surface area contributed by atoms with Crippen LogP contribution in [0.5, 0.6) is 0 Å². The molecule has 0 aromatic rings. The Morgan fingerprint density at radius 1 is 0.684 bits per heavy atom. The van der Waals surface area contributed by atoms with Crippen LogP contribution in [0, 0.1) is 11.8 Å². The third-order valence-electron chi connectivity index (χ3n) is 3.89. The van der Waals surface area contributed by atoms with Crippen molar-refractivity contribution in [3.63, 3.8) is 0 Å². The van der Waals surface area contributed by atoms with Crippen LogP contribution >= 0.6 is 0 Å². The van der Waals surface area contributed by atoms with E-state index in [1.807, 2.05) is 27.7 Å². The second-order valence-electron chi connectivity index (χ2n) is 6.71. The van der Waals surface area contributed by atoms with Gasteiger partial charge in [-0.05, 0) is 40.5 Å². The molecule has 0 aromatic carbocycles. The Bertz CT molecular complexity index is 240. The van der Waals surface area contributed by atoms with Crippen molar-refractivity contribution in [2.75, 3.05) is 26.4 Å². The summed E-state index contributed by atoms with van der Waals surface area (Å²) in [6.07, 6.45) is 3.52. The third-order valence-corrected chi connectivity index (χ3v) is 3.89. The molecule has 0 radical (unpaired) electrons. The van der Waals surface area contributed by atoms with Gasteiger partial charge in [0.2, 0.25) is 0 Å². The minimum atomic E-state index is -0.396. The summed E-state index contributed by atoms with van der Waals surface area (Å²) < 4.78 is 22.7. The molecule has 4 nitrogen and oxygen atoms in total. The van der Waals surface area contributed by atoms with Crippen molar-refractivity contribution >= 4 is 0 Å². The van der Waals surface area contributed by atoms with Crippen molar-refractivity contribution in [3.05, 3.63) is 0 Å². The van der Waals surface area contributed by atoms with E-state index < -0.39 is 11.6 Å². The van der Waals surface area contributed by atoms with E-state index in [9.17, 15) is 0 Å². The molecular weight excluding hydrogens is 244 g/mol. The lowest BCUT2D eigenvalue weighted by Gasteiger charge is -2.36. The van der Waals surface area contributed by atoms with Crippen LogP contribution in [0.15, 0.2) is 0 Å². The van der Waals surface area contributed by atoms with Crippen LogP contribution in [0.25, 0.3) is 0 Å². The molecule has 0 amide bonds. The lowest BCUT2D eigenvalue weighted by Crippen LogP contribution is -2.40. The number of ether oxygens (including phenoxy) is 4. The molecule has 112 valence electrons. The average Bonchev–Trinajstić information content (AvgIpc) is 2.33. The molecule has 0 saturated carbocycles. The van der Waals surface area contributed by atoms with Gasteiger partial charge in [-0.1, -0.05) is 6.42 Å². The van der Waals surface area contributed by atoms with Gasteiger partial charge in [0.25, 0.3) is 0 Å². The zero-order valence-electron chi connectivity index (χ0n) is 12.7. The molecule has 4 heteroatoms. The van der Waals surface area contributed by atoms with Crippen molar-refractivity contribution in [3.8, 4) is 0 Å². The quantitative estimate of drug-likeness (QED) is 0.788. The molecule has 0 aliphatic carbocycles. The maximum absolute atomic E-state index is 5.68. The fraction of sp³-hybridized carbons (Fsp3) is 1.00. The van der Waals surface area contributed by atoms with Crippen LogP contribution in [-0.2, 0) is 18.9 Å². The highest BCUT2D eigenvalue weighted by atomic mass is 16.7. The highest BCUT2D eigenvalue weighted by Crippen LogP contribution is 2.26. The first-order valence-electron chi connectivity index (χ1n) is 7.42. The SMILES string of the molecule is CC1(C)OCC(CCCC2COC(C)(C)OC2)CO1. The molecule has 19 heavy (non-hydrogen) atoms. The van der Waals surface area contributed by atoms with Crippen molar-refractivity contribution in [2.45, 2.75) is 58.5 Å². The summed E-state index contributed by atoms with van der Waals surface area (Å²) in [6.45, 7) is 11.2. The summed E-state index contributed by atoms with van der Waals surface area (Å²) in [5.74, 6) is 0.282. The van der Waals surface area contributed by atoms with E-state index in [-0.39, 0.29) is 0 Å². The van der Waals surface area contributed by atoms with Crippen molar-refractivity contribution < 1.29 is 18.9 Å². The van der Waals surface area contributed by atoms with Crippen LogP contribution in [0.1, 0.15) is 47.0 Å². The molecule has 0 bridgehead atoms. The normalized spacial score (nSPS) is 28.4. The van der Waals surface area contributed by atoms with Gasteiger partial charge in [-0.25, -0.2) is 0 Å². The van der Waals surface area contributed by atoms with Crippen molar-refractivity contribution in [1.29, 1.82) is 0 Å². The van der Waals surface area contributed by atoms with Crippen LogP contribution in [0.4, 0.5) is 0 Å². The minimum Gasteiger partial charge on any atom is -0.350 e. The highest BCUT2D eigenvalue weighted by Gasteiger charge is 2.30. The molecule has 2 aliphatic heterocycles. The fourth-order valence-electron chi connectivity index (χ4n) is 2.48. The molecule has 2 fully saturated rings. The van der Waals surface area contributed by atoms with Crippen LogP contribution < -0.4 is 0 Å². The van der Waals surface area contributed by atoms with Crippen LogP contribution in [0.2, 0.25) is 0 Å². The van der Waals surface area contributed by atoms with Gasteiger partial charge in [-0.2, -0.15) is 0 Å². The number of hydrogen-bond donors (Lipinski definition) is 0. The largest absolute Gasteiger partial charge is 0.350 e. The monoisotopic (exact) mass is 272 g/mol. The van der Waals surface area contributed by atoms with Gasteiger partial charge >= 0.3 is 0 Å². The standard InChI is InChI=1S/C15H28O4/c1-14(2)16-8-12(9-17-14)6-5-7-13-10-18-15(3,4)19-11-13/h12-13H,5-11H2,1-4H3. The van der Waals surface area contributed by atoms with E-state index in [0.29, 0.717) is 11.8 Å². The molecule has 0 spiro atoms. The Labute approximate surface area is 116 Å². The van der Waals surface area contributed by atoms with E-state index >= 15 is 0 Å². The molecule has 2 rings (SSSR count). The van der Waals surface area contributed by atoms with E-state index in [1.54, 1.807) is 0 Å². The lowest BCUT2D eigenvalue weighted by molar-refractivity contribution is -0.265. The minimum absolute atomic E-state index is 0.396. The maximum Gasteiger partial charge on any atom is 0.162 e. The Kier molecular flexibility index (Phi) is 4.88. The number of rotatable bonds is 4. The second-order valence-corrected chi connectivity index (χ2v) is 6.71. The summed E-state index contributed by atoms with van der Waals surface area (Å²) in [7, 11) is 0. The van der Waals surface area contributed by atoms with Gasteiger partial charge < -0.3 is 18.9 Å². The Morgan fingerprint density at radius 3 is 1.32 bits per heavy atom. The lowest BCUT2D eigenvalue weighted by atomic mass is 9.97. The first-order valence-corrected chi connectivity index (χ1v) is 7.42. The first-order chi connectivity index (χ1) is 8.86. The summed E-state index contributed by atoms with van der Waals surface area (Å²) in [6, 6.07) is 0. The molecule has 0 atom stereocenters. The molecule has 0 aromatic heterocycles. The molecular formula is C15H28O4. The predicted molar refractivity (Wildman–Crippen MR) is 72.8 cm³/mol. The first kappa shape index (κ1) is 15.2. The molecule has 2 saturated heterocycles. The maximum atomic E-state index is 5.68. The Morgan fingerprint density at radius 2 is 1.00 bits per heavy atom. The molecule has 2 aliphatic rings. The summed E-state index contributed by atoms with van der Waals surface area (Å²) in [4.78, 5) is 0. The summed E-state index contributed by atoms with van der Waals surface area (Å²) in [5, 5.41) is 0. The van der Waals surface area contributed by atoms with Gasteiger partial charge in [0.15, 0.2) is 11.6 Å². The van der Waals surface area contributed by atoms with E-state index in [0.717, 1.165) is 39.3 Å². The van der Waals surface area contributed by atoms with E-state index in [2.05, 4.69) is 0 Å². The van der Waals surface area contributed by atoms with Crippen LogP contribution in [-0.4, -0.2) is 38.0 Å². The zero-order valence-corrected chi connectivity index (χ0v) is 12.7. The smallest absolute Gasteiger partial charge is 0.162 e. The molecule has 0 unspecified atom stereocenters. The van der Waals surface area contributed by atoms with Gasteiger partial charge in [0.05, 0.1) is 26.4 Å². The van der Waals surface area contributed by atoms with Gasteiger partial charge in [-0.15, -0.1) is 0 Å². The molecule has 0 N–H and O–H groups in total. The highest BCUT2D eigenvalue weighted by molar-refractivity contribution is 4.71. The molecule has 2 heterocycles. The van der Waals surface area contributed by atoms with Gasteiger partial charge in [-0.3, -0.25) is 0 Å². The van der Waals surface area contributed by atoms with Gasteiger partial charge in [0.1, 0.15) is 0 Å². The zero-order chi connectivity index (χ0) is 13.9. The topological polar surface area (TPSA) is 36.9 Å². The Hall–Kier alpha value is -0.160. The fourth-order valence-corrected chi connectivity index (χ4v) is 2.48. The van der Waals surface area contributed by atoms with Gasteiger partial charge in [0, 0.05) is 11.8 Å². The van der Waals surface area contributed by atoms with Crippen LogP contribution in [0.3, 0.4) is 0 Å². The van der Waals surface area contributed by atoms with E-state index in [1.165, 1.54) is 6.42 Å². The Balaban J connectivity index is 1.58. The third kappa shape index (κ3) is 5.03. The predicted octanol–water partition coefficient (Wildman–Crippen LogP) is 2.95. The van der Waals surface area contributed by atoms with Crippen molar-refractivity contribution in [2.24, 2.45) is 11.8 Å². The summed E-state index contributed by atoms with van der Waals surface area (Å²) in [5.41, 5.74) is 0.